The molecule has 1 aliphatic carbocycles. The normalized spacial score (nSPS) is 14.5. The number of aryl methyl sites for hydroxylation is 2. The Labute approximate surface area is 104 Å². The van der Waals surface area contributed by atoms with Gasteiger partial charge in [-0.15, -0.1) is 0 Å². The molecule has 1 aromatic heterocycles. The number of benzene rings is 1. The Morgan fingerprint density at radius 3 is 2.44 bits per heavy atom. The van der Waals surface area contributed by atoms with Crippen molar-refractivity contribution in [2.75, 3.05) is 0 Å². The second-order valence-electron chi connectivity index (χ2n) is 4.87. The van der Waals surface area contributed by atoms with Gasteiger partial charge >= 0.3 is 5.63 Å². The van der Waals surface area contributed by atoms with Crippen molar-refractivity contribution in [2.45, 2.75) is 32.6 Å². The second-order valence-corrected chi connectivity index (χ2v) is 4.87. The lowest BCUT2D eigenvalue weighted by molar-refractivity contribution is 0.101. The van der Waals surface area contributed by atoms with E-state index in [9.17, 15) is 9.59 Å². The zero-order chi connectivity index (χ0) is 12.7. The zero-order valence-corrected chi connectivity index (χ0v) is 10.3. The molecule has 3 nitrogen and oxygen atoms in total. The fourth-order valence-corrected chi connectivity index (χ4v) is 2.60. The molecule has 0 atom stereocenters. The summed E-state index contributed by atoms with van der Waals surface area (Å²) in [6, 6.07) is 5.66. The van der Waals surface area contributed by atoms with E-state index >= 15 is 0 Å². The highest BCUT2D eigenvalue weighted by molar-refractivity contribution is 5.96. The molecule has 1 heterocycles. The number of fused-ring (bicyclic) bond motifs is 2. The van der Waals surface area contributed by atoms with Gasteiger partial charge in [0.25, 0.3) is 0 Å². The Kier molecular flexibility index (Phi) is 2.54. The minimum Gasteiger partial charge on any atom is -0.422 e. The van der Waals surface area contributed by atoms with Gasteiger partial charge in [0.2, 0.25) is 0 Å². The van der Waals surface area contributed by atoms with Crippen LogP contribution in [0.2, 0.25) is 0 Å². The van der Waals surface area contributed by atoms with Gasteiger partial charge in [0.05, 0.1) is 0 Å². The van der Waals surface area contributed by atoms with E-state index in [-0.39, 0.29) is 11.3 Å². The van der Waals surface area contributed by atoms with Crippen molar-refractivity contribution in [3.63, 3.8) is 0 Å². The third kappa shape index (κ3) is 1.76. The van der Waals surface area contributed by atoms with Gasteiger partial charge in [0.15, 0.2) is 5.78 Å². The molecular formula is C15H14O3. The van der Waals surface area contributed by atoms with Crippen molar-refractivity contribution in [1.29, 1.82) is 0 Å². The van der Waals surface area contributed by atoms with Gasteiger partial charge in [-0.25, -0.2) is 4.79 Å². The fraction of sp³-hybridized carbons (Fsp3) is 0.333. The SMILES string of the molecule is CC(=O)c1cc2cc3c(cc2oc1=O)CCCC3. The number of carbonyl (C=O) groups excluding carboxylic acids is 1. The second kappa shape index (κ2) is 4.09. The molecule has 92 valence electrons. The maximum Gasteiger partial charge on any atom is 0.347 e. The molecule has 1 aliphatic rings. The number of hydrogen-bond acceptors (Lipinski definition) is 3. The number of ketones is 1. The van der Waals surface area contributed by atoms with Crippen molar-refractivity contribution < 1.29 is 9.21 Å². The first-order valence-electron chi connectivity index (χ1n) is 6.26. The van der Waals surface area contributed by atoms with Gasteiger partial charge in [-0.3, -0.25) is 4.79 Å². The molecule has 0 amide bonds. The number of carbonyl (C=O) groups is 1. The summed E-state index contributed by atoms with van der Waals surface area (Å²) in [5.74, 6) is -0.247. The molecule has 0 aliphatic heterocycles. The first-order valence-corrected chi connectivity index (χ1v) is 6.26. The van der Waals surface area contributed by atoms with Crippen LogP contribution in [0.5, 0.6) is 0 Å². The molecule has 3 heteroatoms. The molecule has 0 spiro atoms. The Morgan fingerprint density at radius 1 is 1.11 bits per heavy atom. The lowest BCUT2D eigenvalue weighted by atomic mass is 9.90. The predicted octanol–water partition coefficient (Wildman–Crippen LogP) is 2.87. The van der Waals surface area contributed by atoms with Gasteiger partial charge < -0.3 is 4.42 Å². The first kappa shape index (κ1) is 11.2. The Balaban J connectivity index is 2.28. The van der Waals surface area contributed by atoms with Crippen LogP contribution in [0.25, 0.3) is 11.0 Å². The first-order chi connectivity index (χ1) is 8.65. The highest BCUT2D eigenvalue weighted by atomic mass is 16.4. The smallest absolute Gasteiger partial charge is 0.347 e. The Bertz CT molecular complexity index is 695. The van der Waals surface area contributed by atoms with E-state index in [4.69, 9.17) is 4.42 Å². The minimum absolute atomic E-state index is 0.137. The van der Waals surface area contributed by atoms with E-state index in [2.05, 4.69) is 6.07 Å². The minimum atomic E-state index is -0.536. The zero-order valence-electron chi connectivity index (χ0n) is 10.3. The molecule has 0 bridgehead atoms. The third-order valence-electron chi connectivity index (χ3n) is 3.58. The van der Waals surface area contributed by atoms with Crippen LogP contribution in [0.3, 0.4) is 0 Å². The van der Waals surface area contributed by atoms with Crippen LogP contribution in [0.4, 0.5) is 0 Å². The average molecular weight is 242 g/mol. The lowest BCUT2D eigenvalue weighted by Crippen LogP contribution is -2.11. The van der Waals surface area contributed by atoms with E-state index in [0.717, 1.165) is 18.2 Å². The lowest BCUT2D eigenvalue weighted by Gasteiger charge is -2.15. The fourth-order valence-electron chi connectivity index (χ4n) is 2.60. The van der Waals surface area contributed by atoms with Gasteiger partial charge in [-0.05, 0) is 61.9 Å². The van der Waals surface area contributed by atoms with Crippen LogP contribution < -0.4 is 5.63 Å². The van der Waals surface area contributed by atoms with Crippen molar-refractivity contribution in [2.24, 2.45) is 0 Å². The Morgan fingerprint density at radius 2 is 1.78 bits per heavy atom. The van der Waals surface area contributed by atoms with Crippen LogP contribution in [0.1, 0.15) is 41.3 Å². The molecule has 2 aromatic rings. The number of hydrogen-bond donors (Lipinski definition) is 0. The van der Waals surface area contributed by atoms with Crippen LogP contribution in [-0.2, 0) is 12.8 Å². The van der Waals surface area contributed by atoms with E-state index in [0.29, 0.717) is 5.58 Å². The summed E-state index contributed by atoms with van der Waals surface area (Å²) in [5.41, 5.74) is 2.78. The Hall–Kier alpha value is -1.90. The van der Waals surface area contributed by atoms with E-state index in [1.807, 2.05) is 6.07 Å². The summed E-state index contributed by atoms with van der Waals surface area (Å²) < 4.78 is 5.24. The molecule has 0 fully saturated rings. The van der Waals surface area contributed by atoms with Crippen LogP contribution in [0.15, 0.2) is 27.4 Å². The number of rotatable bonds is 1. The van der Waals surface area contributed by atoms with Crippen LogP contribution >= 0.6 is 0 Å². The topological polar surface area (TPSA) is 47.3 Å². The summed E-state index contributed by atoms with van der Waals surface area (Å²) in [6.07, 6.45) is 4.51. The van der Waals surface area contributed by atoms with Crippen LogP contribution in [0, 0.1) is 0 Å². The maximum atomic E-state index is 11.7. The predicted molar refractivity (Wildman–Crippen MR) is 69.1 cm³/mol. The summed E-state index contributed by atoms with van der Waals surface area (Å²) in [6.45, 7) is 1.39. The molecule has 3 rings (SSSR count). The molecular weight excluding hydrogens is 228 g/mol. The highest BCUT2D eigenvalue weighted by Gasteiger charge is 2.14. The van der Waals surface area contributed by atoms with Crippen LogP contribution in [-0.4, -0.2) is 5.78 Å². The maximum absolute atomic E-state index is 11.7. The molecule has 0 saturated heterocycles. The summed E-state index contributed by atoms with van der Waals surface area (Å²) in [4.78, 5) is 23.0. The molecule has 0 radical (unpaired) electrons. The van der Waals surface area contributed by atoms with Gasteiger partial charge in [0.1, 0.15) is 11.1 Å². The van der Waals surface area contributed by atoms with Crippen molar-refractivity contribution in [1.82, 2.24) is 0 Å². The monoisotopic (exact) mass is 242 g/mol. The standard InChI is InChI=1S/C15H14O3/c1-9(16)13-7-12-6-10-4-2-3-5-11(10)8-14(12)18-15(13)17/h6-8H,2-5H2,1H3. The highest BCUT2D eigenvalue weighted by Crippen LogP contribution is 2.26. The molecule has 18 heavy (non-hydrogen) atoms. The number of Topliss-reactive ketones (excluding diaryl/α,β-unsaturated/α-hetero) is 1. The molecule has 0 saturated carbocycles. The van der Waals surface area contributed by atoms with Crippen molar-refractivity contribution in [3.05, 3.63) is 45.3 Å². The average Bonchev–Trinajstić information content (AvgIpc) is 2.35. The van der Waals surface area contributed by atoms with Gasteiger partial charge in [0, 0.05) is 5.39 Å². The van der Waals surface area contributed by atoms with E-state index in [1.54, 1.807) is 6.07 Å². The van der Waals surface area contributed by atoms with Gasteiger partial charge in [-0.2, -0.15) is 0 Å². The molecule has 0 unspecified atom stereocenters. The van der Waals surface area contributed by atoms with E-state index in [1.165, 1.54) is 30.9 Å². The molecule has 0 N–H and O–H groups in total. The summed E-state index contributed by atoms with van der Waals surface area (Å²) in [5, 5.41) is 0.848. The van der Waals surface area contributed by atoms with Crippen molar-refractivity contribution in [3.8, 4) is 0 Å². The largest absolute Gasteiger partial charge is 0.422 e. The van der Waals surface area contributed by atoms with Crippen molar-refractivity contribution >= 4 is 16.8 Å². The van der Waals surface area contributed by atoms with E-state index < -0.39 is 5.63 Å². The summed E-state index contributed by atoms with van der Waals surface area (Å²) in [7, 11) is 0. The third-order valence-corrected chi connectivity index (χ3v) is 3.58. The quantitative estimate of drug-likeness (QED) is 0.570. The summed E-state index contributed by atoms with van der Waals surface area (Å²) >= 11 is 0. The van der Waals surface area contributed by atoms with Gasteiger partial charge in [-0.1, -0.05) is 0 Å². The molecule has 1 aromatic carbocycles.